The van der Waals surface area contributed by atoms with Crippen molar-refractivity contribution >= 4 is 14.1 Å². The van der Waals surface area contributed by atoms with Gasteiger partial charge in [-0.25, -0.2) is 0 Å². The van der Waals surface area contributed by atoms with Crippen LogP contribution in [0, 0.1) is 29.1 Å². The van der Waals surface area contributed by atoms with Crippen molar-refractivity contribution in [2.45, 2.75) is 143 Å². The molecule has 0 unspecified atom stereocenters. The molecule has 5 atom stereocenters. The number of carbonyl (C=O) groups is 1. The summed E-state index contributed by atoms with van der Waals surface area (Å²) in [6.07, 6.45) is 15.0. The molecule has 192 valence electrons. The van der Waals surface area contributed by atoms with Crippen molar-refractivity contribution in [2.24, 2.45) is 29.1 Å². The van der Waals surface area contributed by atoms with E-state index in [2.05, 4.69) is 55.0 Å². The Hall–Kier alpha value is -0.413. The molecule has 2 aliphatic rings. The van der Waals surface area contributed by atoms with Gasteiger partial charge < -0.3 is 4.43 Å². The van der Waals surface area contributed by atoms with E-state index in [1.54, 1.807) is 0 Å². The lowest BCUT2D eigenvalue weighted by atomic mass is 9.58. The number of hydrogen-bond acceptors (Lipinski definition) is 2. The minimum atomic E-state index is -1.57. The molecule has 0 spiro atoms. The van der Waals surface area contributed by atoms with E-state index in [1.807, 2.05) is 6.08 Å². The van der Waals surface area contributed by atoms with E-state index >= 15 is 0 Å². The van der Waals surface area contributed by atoms with Gasteiger partial charge in [0.25, 0.3) is 0 Å². The van der Waals surface area contributed by atoms with Gasteiger partial charge >= 0.3 is 0 Å². The first-order valence-corrected chi connectivity index (χ1v) is 16.9. The summed E-state index contributed by atoms with van der Waals surface area (Å²) in [6, 6.07) is 3.68. The number of hydrogen-bond donors (Lipinski definition) is 0. The maximum atomic E-state index is 13.1. The molecule has 0 radical (unpaired) electrons. The van der Waals surface area contributed by atoms with Crippen LogP contribution >= 0.6 is 0 Å². The van der Waals surface area contributed by atoms with Gasteiger partial charge in [-0.3, -0.25) is 4.79 Å². The average Bonchev–Trinajstić information content (AvgIpc) is 3.12. The van der Waals surface area contributed by atoms with E-state index in [4.69, 9.17) is 4.43 Å². The predicted molar refractivity (Wildman–Crippen MR) is 146 cm³/mol. The molecule has 0 N–H and O–H groups in total. The standard InChI is InChI=1S/C30H56O2Si/c1-9-13-14-15-18-25-22-28(31)27-20-19-26(30(27,8)23-25)24(5)17-16-21-29(6,7)32-33(10-2,11-3)12-4/h9,24-27H,1,10-23H2,2-8H3/t24-,25+,26-,27+,30-/m1/s1. The minimum Gasteiger partial charge on any atom is -0.412 e. The van der Waals surface area contributed by atoms with E-state index in [1.165, 1.54) is 63.1 Å². The van der Waals surface area contributed by atoms with Gasteiger partial charge in [-0.1, -0.05) is 60.0 Å². The highest BCUT2D eigenvalue weighted by Crippen LogP contribution is 2.58. The van der Waals surface area contributed by atoms with Gasteiger partial charge in [0.15, 0.2) is 8.32 Å². The summed E-state index contributed by atoms with van der Waals surface area (Å²) in [5, 5.41) is 0. The highest BCUT2D eigenvalue weighted by atomic mass is 28.4. The molecule has 2 saturated carbocycles. The van der Waals surface area contributed by atoms with Crippen LogP contribution in [0.5, 0.6) is 0 Å². The molecule has 0 amide bonds. The van der Waals surface area contributed by atoms with E-state index in [-0.39, 0.29) is 11.0 Å². The molecule has 2 aliphatic carbocycles. The van der Waals surface area contributed by atoms with Crippen molar-refractivity contribution in [3.63, 3.8) is 0 Å². The topological polar surface area (TPSA) is 26.3 Å². The van der Waals surface area contributed by atoms with E-state index in [9.17, 15) is 4.79 Å². The zero-order chi connectivity index (χ0) is 24.7. The maximum Gasteiger partial charge on any atom is 0.192 e. The molecule has 0 aromatic heterocycles. The van der Waals surface area contributed by atoms with Crippen LogP contribution in [-0.2, 0) is 9.22 Å². The third kappa shape index (κ3) is 7.29. The Labute approximate surface area is 207 Å². The van der Waals surface area contributed by atoms with Crippen molar-refractivity contribution in [2.75, 3.05) is 0 Å². The number of carbonyl (C=O) groups excluding carboxylic acids is 1. The van der Waals surface area contributed by atoms with Crippen LogP contribution < -0.4 is 0 Å². The third-order valence-electron chi connectivity index (χ3n) is 9.84. The summed E-state index contributed by atoms with van der Waals surface area (Å²) < 4.78 is 6.86. The van der Waals surface area contributed by atoms with Crippen molar-refractivity contribution < 1.29 is 9.22 Å². The molecular weight excluding hydrogens is 420 g/mol. The Kier molecular flexibility index (Phi) is 10.9. The number of Topliss-reactive ketones (excluding diaryl/α,β-unsaturated/α-hetero) is 1. The number of rotatable bonds is 15. The predicted octanol–water partition coefficient (Wildman–Crippen LogP) is 9.35. The maximum absolute atomic E-state index is 13.1. The fourth-order valence-corrected chi connectivity index (χ4v) is 10.9. The van der Waals surface area contributed by atoms with Gasteiger partial charge in [0, 0.05) is 12.3 Å². The van der Waals surface area contributed by atoms with Gasteiger partial charge in [0.2, 0.25) is 0 Å². The van der Waals surface area contributed by atoms with Crippen molar-refractivity contribution in [3.05, 3.63) is 12.7 Å². The van der Waals surface area contributed by atoms with E-state index < -0.39 is 8.32 Å². The van der Waals surface area contributed by atoms with Gasteiger partial charge in [0.1, 0.15) is 5.78 Å². The molecule has 3 heteroatoms. The SMILES string of the molecule is C=CCCCC[C@H]1CC(=O)[C@@H]2CC[C@H]([C@H](C)CCCC(C)(C)O[Si](CC)(CC)CC)[C@@]2(C)C1. The molecular formula is C30H56O2Si. The van der Waals surface area contributed by atoms with Crippen LogP contribution in [0.2, 0.25) is 18.1 Å². The molecule has 33 heavy (non-hydrogen) atoms. The lowest BCUT2D eigenvalue weighted by molar-refractivity contribution is -0.132. The van der Waals surface area contributed by atoms with Gasteiger partial charge in [-0.05, 0) is 100 Å². The fraction of sp³-hybridized carbons (Fsp3) is 0.900. The third-order valence-corrected chi connectivity index (χ3v) is 14.7. The first kappa shape index (κ1) is 28.8. The molecule has 0 aromatic carbocycles. The Morgan fingerprint density at radius 2 is 1.82 bits per heavy atom. The van der Waals surface area contributed by atoms with Crippen LogP contribution in [0.4, 0.5) is 0 Å². The molecule has 2 fully saturated rings. The average molecular weight is 477 g/mol. The first-order chi connectivity index (χ1) is 15.6. The second-order valence-corrected chi connectivity index (χ2v) is 17.2. The summed E-state index contributed by atoms with van der Waals surface area (Å²) >= 11 is 0. The fourth-order valence-electron chi connectivity index (χ4n) is 7.72. The zero-order valence-corrected chi connectivity index (χ0v) is 24.3. The summed E-state index contributed by atoms with van der Waals surface area (Å²) in [7, 11) is -1.57. The first-order valence-electron chi connectivity index (χ1n) is 14.4. The number of fused-ring (bicyclic) bond motifs is 1. The second kappa shape index (κ2) is 12.5. The highest BCUT2D eigenvalue weighted by molar-refractivity contribution is 6.73. The molecule has 0 heterocycles. The summed E-state index contributed by atoms with van der Waals surface area (Å²) in [5.41, 5.74) is 0.228. The Balaban J connectivity index is 1.93. The van der Waals surface area contributed by atoms with Crippen molar-refractivity contribution in [3.8, 4) is 0 Å². The number of ketones is 1. The normalized spacial score (nSPS) is 29.2. The molecule has 0 saturated heterocycles. The van der Waals surface area contributed by atoms with Crippen molar-refractivity contribution in [1.82, 2.24) is 0 Å². The van der Waals surface area contributed by atoms with E-state index in [0.717, 1.165) is 25.7 Å². The Morgan fingerprint density at radius 1 is 1.15 bits per heavy atom. The summed E-state index contributed by atoms with van der Waals surface area (Å²) in [5.74, 6) is 2.94. The molecule has 0 aliphatic heterocycles. The zero-order valence-electron chi connectivity index (χ0n) is 23.3. The summed E-state index contributed by atoms with van der Waals surface area (Å²) in [6.45, 7) is 20.4. The van der Waals surface area contributed by atoms with Gasteiger partial charge in [-0.15, -0.1) is 6.58 Å². The van der Waals surface area contributed by atoms with Gasteiger partial charge in [-0.2, -0.15) is 0 Å². The number of allylic oxidation sites excluding steroid dienone is 1. The highest BCUT2D eigenvalue weighted by Gasteiger charge is 2.54. The molecule has 2 rings (SSSR count). The van der Waals surface area contributed by atoms with Crippen LogP contribution in [0.25, 0.3) is 0 Å². The molecule has 2 nitrogen and oxygen atoms in total. The lowest BCUT2D eigenvalue weighted by Gasteiger charge is -2.45. The van der Waals surface area contributed by atoms with Gasteiger partial charge in [0.05, 0.1) is 5.60 Å². The smallest absolute Gasteiger partial charge is 0.192 e. The largest absolute Gasteiger partial charge is 0.412 e. The Bertz CT molecular complexity index is 615. The van der Waals surface area contributed by atoms with E-state index in [0.29, 0.717) is 29.5 Å². The number of unbranched alkanes of at least 4 members (excludes halogenated alkanes) is 2. The van der Waals surface area contributed by atoms with Crippen LogP contribution in [0.3, 0.4) is 0 Å². The van der Waals surface area contributed by atoms with Crippen molar-refractivity contribution in [1.29, 1.82) is 0 Å². The van der Waals surface area contributed by atoms with Crippen LogP contribution in [-0.4, -0.2) is 19.7 Å². The summed E-state index contributed by atoms with van der Waals surface area (Å²) in [4.78, 5) is 13.1. The molecule has 0 aromatic rings. The quantitative estimate of drug-likeness (QED) is 0.134. The Morgan fingerprint density at radius 3 is 2.42 bits per heavy atom. The second-order valence-electron chi connectivity index (χ2n) is 12.5. The lowest BCUT2D eigenvalue weighted by Crippen LogP contribution is -2.44. The minimum absolute atomic E-state index is 0.00652. The van der Waals surface area contributed by atoms with Crippen LogP contribution in [0.1, 0.15) is 119 Å². The molecule has 0 bridgehead atoms. The monoisotopic (exact) mass is 476 g/mol. The van der Waals surface area contributed by atoms with Crippen LogP contribution in [0.15, 0.2) is 12.7 Å².